The summed E-state index contributed by atoms with van der Waals surface area (Å²) in [7, 11) is 0. The molecule has 0 saturated carbocycles. The number of halogens is 2. The van der Waals surface area contributed by atoms with E-state index in [4.69, 9.17) is 23.2 Å². The Kier molecular flexibility index (Phi) is 5.44. The summed E-state index contributed by atoms with van der Waals surface area (Å²) in [5, 5.41) is 10.9. The SMILES string of the molecule is Cc1ccc(-c2ccc(SCc3ccc(Cl)cc3Cl)nn2)c(C)c1. The molecule has 0 fully saturated rings. The molecule has 5 heteroatoms. The van der Waals surface area contributed by atoms with Gasteiger partial charge < -0.3 is 0 Å². The molecule has 0 aliphatic heterocycles. The van der Waals surface area contributed by atoms with Crippen LogP contribution in [0.1, 0.15) is 16.7 Å². The summed E-state index contributed by atoms with van der Waals surface area (Å²) in [6.07, 6.45) is 0. The molecule has 0 N–H and O–H groups in total. The molecule has 122 valence electrons. The van der Waals surface area contributed by atoms with E-state index >= 15 is 0 Å². The summed E-state index contributed by atoms with van der Waals surface area (Å²) >= 11 is 13.7. The molecule has 0 aliphatic rings. The van der Waals surface area contributed by atoms with Crippen LogP contribution in [0.4, 0.5) is 0 Å². The van der Waals surface area contributed by atoms with Crippen LogP contribution in [0.15, 0.2) is 53.6 Å². The smallest absolute Gasteiger partial charge is 0.119 e. The Hall–Kier alpha value is -1.55. The molecule has 0 aliphatic carbocycles. The minimum absolute atomic E-state index is 0.645. The Morgan fingerprint density at radius 3 is 2.42 bits per heavy atom. The molecule has 0 spiro atoms. The van der Waals surface area contributed by atoms with Crippen molar-refractivity contribution >= 4 is 35.0 Å². The van der Waals surface area contributed by atoms with Gasteiger partial charge in [0.25, 0.3) is 0 Å². The Balaban J connectivity index is 1.72. The molecule has 24 heavy (non-hydrogen) atoms. The maximum absolute atomic E-state index is 6.20. The van der Waals surface area contributed by atoms with Gasteiger partial charge in [0.05, 0.1) is 5.69 Å². The summed E-state index contributed by atoms with van der Waals surface area (Å²) in [6.45, 7) is 4.18. The zero-order chi connectivity index (χ0) is 17.1. The molecule has 0 amide bonds. The third-order valence-electron chi connectivity index (χ3n) is 3.69. The normalized spacial score (nSPS) is 10.8. The lowest BCUT2D eigenvalue weighted by atomic mass is 10.0. The lowest BCUT2D eigenvalue weighted by molar-refractivity contribution is 0.934. The average molecular weight is 375 g/mol. The number of aromatic nitrogens is 2. The molecule has 2 nitrogen and oxygen atoms in total. The zero-order valence-corrected chi connectivity index (χ0v) is 15.7. The number of rotatable bonds is 4. The van der Waals surface area contributed by atoms with Gasteiger partial charge in [-0.3, -0.25) is 0 Å². The van der Waals surface area contributed by atoms with Crippen LogP contribution in [-0.2, 0) is 5.75 Å². The summed E-state index contributed by atoms with van der Waals surface area (Å²) in [6, 6.07) is 15.9. The van der Waals surface area contributed by atoms with Crippen LogP contribution < -0.4 is 0 Å². The minimum Gasteiger partial charge on any atom is -0.149 e. The van der Waals surface area contributed by atoms with Crippen LogP contribution in [-0.4, -0.2) is 10.2 Å². The highest BCUT2D eigenvalue weighted by atomic mass is 35.5. The summed E-state index contributed by atoms with van der Waals surface area (Å²) in [4.78, 5) is 0. The maximum Gasteiger partial charge on any atom is 0.119 e. The summed E-state index contributed by atoms with van der Waals surface area (Å²) in [5.41, 5.74) is 5.49. The molecule has 0 saturated heterocycles. The Bertz CT molecular complexity index is 864. The first-order chi connectivity index (χ1) is 11.5. The van der Waals surface area contributed by atoms with Crippen molar-refractivity contribution in [1.29, 1.82) is 0 Å². The average Bonchev–Trinajstić information content (AvgIpc) is 2.55. The third-order valence-corrected chi connectivity index (χ3v) is 5.24. The molecule has 0 radical (unpaired) electrons. The minimum atomic E-state index is 0.645. The van der Waals surface area contributed by atoms with Gasteiger partial charge in [0.2, 0.25) is 0 Å². The summed E-state index contributed by atoms with van der Waals surface area (Å²) < 4.78 is 0. The van der Waals surface area contributed by atoms with Crippen LogP contribution >= 0.6 is 35.0 Å². The van der Waals surface area contributed by atoms with E-state index in [-0.39, 0.29) is 0 Å². The van der Waals surface area contributed by atoms with Crippen molar-refractivity contribution in [2.45, 2.75) is 24.6 Å². The van der Waals surface area contributed by atoms with Gasteiger partial charge in [-0.25, -0.2) is 0 Å². The van der Waals surface area contributed by atoms with Gasteiger partial charge >= 0.3 is 0 Å². The fourth-order valence-electron chi connectivity index (χ4n) is 2.43. The van der Waals surface area contributed by atoms with Crippen LogP contribution in [0.25, 0.3) is 11.3 Å². The molecule has 2 aromatic carbocycles. The van der Waals surface area contributed by atoms with E-state index in [9.17, 15) is 0 Å². The molecule has 3 rings (SSSR count). The molecule has 0 unspecified atom stereocenters. The first-order valence-electron chi connectivity index (χ1n) is 7.51. The molecular formula is C19H16Cl2N2S. The quantitative estimate of drug-likeness (QED) is 0.496. The lowest BCUT2D eigenvalue weighted by Crippen LogP contribution is -1.92. The Morgan fingerprint density at radius 2 is 1.75 bits per heavy atom. The fraction of sp³-hybridized carbons (Fsp3) is 0.158. The van der Waals surface area contributed by atoms with Crippen LogP contribution in [0.2, 0.25) is 10.0 Å². The van der Waals surface area contributed by atoms with Crippen molar-refractivity contribution in [2.75, 3.05) is 0 Å². The third kappa shape index (κ3) is 4.10. The van der Waals surface area contributed by atoms with Gasteiger partial charge in [0, 0.05) is 21.4 Å². The molecular weight excluding hydrogens is 359 g/mol. The highest BCUT2D eigenvalue weighted by Gasteiger charge is 2.07. The zero-order valence-electron chi connectivity index (χ0n) is 13.4. The van der Waals surface area contributed by atoms with Gasteiger partial charge in [-0.2, -0.15) is 0 Å². The molecule has 0 atom stereocenters. The number of thioether (sulfide) groups is 1. The van der Waals surface area contributed by atoms with Crippen molar-refractivity contribution in [3.8, 4) is 11.3 Å². The number of hydrogen-bond acceptors (Lipinski definition) is 3. The second kappa shape index (κ2) is 7.56. The second-order valence-electron chi connectivity index (χ2n) is 5.60. The van der Waals surface area contributed by atoms with Gasteiger partial charge in [-0.1, -0.05) is 64.8 Å². The predicted molar refractivity (Wildman–Crippen MR) is 103 cm³/mol. The van der Waals surface area contributed by atoms with E-state index in [0.29, 0.717) is 10.0 Å². The number of aryl methyl sites for hydroxylation is 2. The standard InChI is InChI=1S/C19H16Cl2N2S/c1-12-3-6-16(13(2)9-12)18-7-8-19(23-22-18)24-11-14-4-5-15(20)10-17(14)21/h3-10H,11H2,1-2H3. The second-order valence-corrected chi connectivity index (χ2v) is 7.44. The van der Waals surface area contributed by atoms with Gasteiger partial charge in [0.1, 0.15) is 5.03 Å². The lowest BCUT2D eigenvalue weighted by Gasteiger charge is -2.07. The van der Waals surface area contributed by atoms with Crippen molar-refractivity contribution in [1.82, 2.24) is 10.2 Å². The molecule has 1 aromatic heterocycles. The predicted octanol–water partition coefficient (Wildman–Crippen LogP) is 6.36. The van der Waals surface area contributed by atoms with Gasteiger partial charge in [0.15, 0.2) is 0 Å². The highest BCUT2D eigenvalue weighted by Crippen LogP contribution is 2.28. The topological polar surface area (TPSA) is 25.8 Å². The van der Waals surface area contributed by atoms with E-state index in [1.165, 1.54) is 11.1 Å². The van der Waals surface area contributed by atoms with Crippen LogP contribution in [0, 0.1) is 13.8 Å². The largest absolute Gasteiger partial charge is 0.149 e. The van der Waals surface area contributed by atoms with E-state index in [1.54, 1.807) is 17.8 Å². The maximum atomic E-state index is 6.20. The molecule has 3 aromatic rings. The van der Waals surface area contributed by atoms with E-state index in [0.717, 1.165) is 27.6 Å². The Morgan fingerprint density at radius 1 is 0.917 bits per heavy atom. The van der Waals surface area contributed by atoms with Crippen LogP contribution in [0.5, 0.6) is 0 Å². The fourth-order valence-corrected chi connectivity index (χ4v) is 3.80. The van der Waals surface area contributed by atoms with Crippen molar-refractivity contribution in [3.63, 3.8) is 0 Å². The molecule has 0 bridgehead atoms. The van der Waals surface area contributed by atoms with Gasteiger partial charge in [-0.05, 0) is 49.2 Å². The van der Waals surface area contributed by atoms with E-state index < -0.39 is 0 Å². The van der Waals surface area contributed by atoms with Gasteiger partial charge in [-0.15, -0.1) is 10.2 Å². The van der Waals surface area contributed by atoms with Crippen molar-refractivity contribution in [2.24, 2.45) is 0 Å². The summed E-state index contributed by atoms with van der Waals surface area (Å²) in [5.74, 6) is 0.730. The molecule has 1 heterocycles. The highest BCUT2D eigenvalue weighted by molar-refractivity contribution is 7.98. The first-order valence-corrected chi connectivity index (χ1v) is 9.25. The van der Waals surface area contributed by atoms with Crippen molar-refractivity contribution < 1.29 is 0 Å². The van der Waals surface area contributed by atoms with E-state index in [2.05, 4.69) is 42.2 Å². The monoisotopic (exact) mass is 374 g/mol. The Labute approximate surface area is 156 Å². The first kappa shape index (κ1) is 17.3. The van der Waals surface area contributed by atoms with E-state index in [1.807, 2.05) is 24.3 Å². The number of nitrogens with zero attached hydrogens (tertiary/aromatic N) is 2. The number of hydrogen-bond donors (Lipinski definition) is 0. The number of benzene rings is 2. The van der Waals surface area contributed by atoms with Crippen LogP contribution in [0.3, 0.4) is 0 Å². The van der Waals surface area contributed by atoms with Crippen molar-refractivity contribution in [3.05, 3.63) is 75.3 Å².